The Kier molecular flexibility index (Phi) is 4.86. The van der Waals surface area contributed by atoms with E-state index in [9.17, 15) is 9.90 Å². The first-order valence-corrected chi connectivity index (χ1v) is 7.21. The summed E-state index contributed by atoms with van der Waals surface area (Å²) in [5.74, 6) is 0.146. The molecule has 2 aromatic carbocycles. The number of benzene rings is 2. The van der Waals surface area contributed by atoms with Crippen molar-refractivity contribution in [3.8, 4) is 11.5 Å². The van der Waals surface area contributed by atoms with Crippen LogP contribution in [0.1, 0.15) is 42.1 Å². The van der Waals surface area contributed by atoms with Crippen molar-refractivity contribution in [3.63, 3.8) is 0 Å². The number of hydrogen-bond donors (Lipinski definition) is 1. The van der Waals surface area contributed by atoms with Gasteiger partial charge in [0.1, 0.15) is 17.1 Å². The molecule has 21 heavy (non-hydrogen) atoms. The van der Waals surface area contributed by atoms with Gasteiger partial charge in [0.2, 0.25) is 0 Å². The monoisotopic (exact) mass is 304 g/mol. The molecular formula is C17H17ClO3. The Morgan fingerprint density at radius 2 is 1.86 bits per heavy atom. The second kappa shape index (κ2) is 6.64. The van der Waals surface area contributed by atoms with Crippen LogP contribution in [0, 0.1) is 0 Å². The minimum absolute atomic E-state index is 0.0156. The lowest BCUT2D eigenvalue weighted by atomic mass is 9.98. The number of halogens is 1. The molecule has 4 heteroatoms. The summed E-state index contributed by atoms with van der Waals surface area (Å²) in [5, 5.41) is 9.45. The molecule has 0 aromatic heterocycles. The zero-order chi connectivity index (χ0) is 15.4. The van der Waals surface area contributed by atoms with Gasteiger partial charge in [-0.2, -0.15) is 0 Å². The van der Waals surface area contributed by atoms with Gasteiger partial charge in [0.25, 0.3) is 0 Å². The summed E-state index contributed by atoms with van der Waals surface area (Å²) in [6.45, 7) is 4.21. The highest BCUT2D eigenvalue weighted by Gasteiger charge is 2.18. The van der Waals surface area contributed by atoms with Gasteiger partial charge in [-0.25, -0.2) is 4.79 Å². The van der Waals surface area contributed by atoms with Crippen molar-refractivity contribution in [3.05, 3.63) is 58.6 Å². The van der Waals surface area contributed by atoms with Crippen LogP contribution in [0.5, 0.6) is 11.5 Å². The molecule has 2 rings (SSSR count). The Morgan fingerprint density at radius 1 is 1.19 bits per heavy atom. The Hall–Kier alpha value is -2.00. The highest BCUT2D eigenvalue weighted by molar-refractivity contribution is 6.33. The van der Waals surface area contributed by atoms with Crippen molar-refractivity contribution in [1.82, 2.24) is 0 Å². The first-order valence-electron chi connectivity index (χ1n) is 6.83. The van der Waals surface area contributed by atoms with Crippen LogP contribution >= 0.6 is 11.6 Å². The molecule has 0 fully saturated rings. The van der Waals surface area contributed by atoms with E-state index in [-0.39, 0.29) is 16.3 Å². The zero-order valence-corrected chi connectivity index (χ0v) is 12.7. The van der Waals surface area contributed by atoms with Gasteiger partial charge in [-0.1, -0.05) is 49.7 Å². The predicted molar refractivity (Wildman–Crippen MR) is 83.6 cm³/mol. The fourth-order valence-corrected chi connectivity index (χ4v) is 2.36. The van der Waals surface area contributed by atoms with E-state index in [1.54, 1.807) is 18.2 Å². The maximum atomic E-state index is 11.3. The lowest BCUT2D eigenvalue weighted by Gasteiger charge is -2.16. The summed E-state index contributed by atoms with van der Waals surface area (Å²) < 4.78 is 5.84. The van der Waals surface area contributed by atoms with Crippen LogP contribution in [0.25, 0.3) is 0 Å². The van der Waals surface area contributed by atoms with E-state index in [0.717, 1.165) is 12.0 Å². The minimum atomic E-state index is -1.10. The van der Waals surface area contributed by atoms with Crippen molar-refractivity contribution in [1.29, 1.82) is 0 Å². The third-order valence-electron chi connectivity index (χ3n) is 3.47. The molecule has 0 aliphatic carbocycles. The van der Waals surface area contributed by atoms with E-state index < -0.39 is 5.97 Å². The predicted octanol–water partition coefficient (Wildman–Crippen LogP) is 5.34. The molecule has 0 aliphatic rings. The number of aromatic carboxylic acids is 1. The van der Waals surface area contributed by atoms with Crippen LogP contribution in [-0.4, -0.2) is 11.1 Å². The molecular weight excluding hydrogens is 288 g/mol. The van der Waals surface area contributed by atoms with Gasteiger partial charge in [0.05, 0.1) is 5.02 Å². The molecule has 1 unspecified atom stereocenters. The molecule has 0 aliphatic heterocycles. The number of carbonyl (C=O) groups is 1. The maximum absolute atomic E-state index is 11.3. The summed E-state index contributed by atoms with van der Waals surface area (Å²) in [5.41, 5.74) is 1.04. The molecule has 1 atom stereocenters. The van der Waals surface area contributed by atoms with Gasteiger partial charge in [0, 0.05) is 0 Å². The topological polar surface area (TPSA) is 46.5 Å². The van der Waals surface area contributed by atoms with Crippen LogP contribution in [0.2, 0.25) is 5.02 Å². The normalized spacial score (nSPS) is 12.0. The third-order valence-corrected chi connectivity index (χ3v) is 3.79. The van der Waals surface area contributed by atoms with Crippen LogP contribution in [0.15, 0.2) is 42.5 Å². The molecule has 1 N–H and O–H groups in total. The largest absolute Gasteiger partial charge is 0.478 e. The maximum Gasteiger partial charge on any atom is 0.341 e. The van der Waals surface area contributed by atoms with Crippen molar-refractivity contribution < 1.29 is 14.6 Å². The second-order valence-electron chi connectivity index (χ2n) is 4.87. The van der Waals surface area contributed by atoms with E-state index >= 15 is 0 Å². The highest BCUT2D eigenvalue weighted by atomic mass is 35.5. The number of carboxylic acids is 1. The average molecular weight is 305 g/mol. The SMILES string of the molecule is CCC(C)c1ccccc1Oc1cccc(Cl)c1C(=O)O. The molecule has 3 nitrogen and oxygen atoms in total. The molecule has 0 heterocycles. The smallest absolute Gasteiger partial charge is 0.341 e. The Balaban J connectivity index is 2.44. The molecule has 0 saturated carbocycles. The van der Waals surface area contributed by atoms with E-state index in [0.29, 0.717) is 11.7 Å². The quantitative estimate of drug-likeness (QED) is 0.810. The molecule has 0 spiro atoms. The standard InChI is InChI=1S/C17H17ClO3/c1-3-11(2)12-7-4-5-9-14(12)21-15-10-6-8-13(18)16(15)17(19)20/h4-11H,3H2,1-2H3,(H,19,20). The van der Waals surface area contributed by atoms with Crippen molar-refractivity contribution in [2.45, 2.75) is 26.2 Å². The van der Waals surface area contributed by atoms with Crippen LogP contribution in [-0.2, 0) is 0 Å². The van der Waals surface area contributed by atoms with E-state index in [1.165, 1.54) is 0 Å². The summed E-state index contributed by atoms with van der Waals surface area (Å²) in [7, 11) is 0. The number of para-hydroxylation sites is 1. The summed E-state index contributed by atoms with van der Waals surface area (Å²) in [4.78, 5) is 11.3. The number of ether oxygens (including phenoxy) is 1. The van der Waals surface area contributed by atoms with Crippen molar-refractivity contribution in [2.24, 2.45) is 0 Å². The van der Waals surface area contributed by atoms with Crippen LogP contribution in [0.3, 0.4) is 0 Å². The highest BCUT2D eigenvalue weighted by Crippen LogP contribution is 2.35. The first kappa shape index (κ1) is 15.4. The number of rotatable bonds is 5. The second-order valence-corrected chi connectivity index (χ2v) is 5.27. The fraction of sp³-hybridized carbons (Fsp3) is 0.235. The fourth-order valence-electron chi connectivity index (χ4n) is 2.12. The lowest BCUT2D eigenvalue weighted by molar-refractivity contribution is 0.0694. The van der Waals surface area contributed by atoms with Gasteiger partial charge < -0.3 is 9.84 Å². The number of hydrogen-bond acceptors (Lipinski definition) is 2. The van der Waals surface area contributed by atoms with Crippen molar-refractivity contribution in [2.75, 3.05) is 0 Å². The van der Waals surface area contributed by atoms with E-state index in [1.807, 2.05) is 24.3 Å². The minimum Gasteiger partial charge on any atom is -0.478 e. The molecule has 0 radical (unpaired) electrons. The van der Waals surface area contributed by atoms with Crippen LogP contribution in [0.4, 0.5) is 0 Å². The first-order chi connectivity index (χ1) is 10.0. The zero-order valence-electron chi connectivity index (χ0n) is 12.0. The molecule has 2 aromatic rings. The number of carboxylic acid groups (broad SMARTS) is 1. The molecule has 0 bridgehead atoms. The van der Waals surface area contributed by atoms with E-state index in [4.69, 9.17) is 16.3 Å². The lowest BCUT2D eigenvalue weighted by Crippen LogP contribution is -2.02. The molecule has 110 valence electrons. The van der Waals surface area contributed by atoms with E-state index in [2.05, 4.69) is 13.8 Å². The molecule has 0 amide bonds. The third kappa shape index (κ3) is 3.37. The van der Waals surface area contributed by atoms with Gasteiger partial charge in [-0.15, -0.1) is 0 Å². The Bertz CT molecular complexity index is 652. The van der Waals surface area contributed by atoms with Gasteiger partial charge in [-0.05, 0) is 36.1 Å². The molecule has 0 saturated heterocycles. The summed E-state index contributed by atoms with van der Waals surface area (Å²) in [6.07, 6.45) is 0.974. The summed E-state index contributed by atoms with van der Waals surface area (Å²) in [6, 6.07) is 12.5. The summed E-state index contributed by atoms with van der Waals surface area (Å²) >= 11 is 5.96. The van der Waals surface area contributed by atoms with Crippen molar-refractivity contribution >= 4 is 17.6 Å². The van der Waals surface area contributed by atoms with Crippen LogP contribution < -0.4 is 4.74 Å². The Morgan fingerprint density at radius 3 is 2.52 bits per heavy atom. The van der Waals surface area contributed by atoms with Gasteiger partial charge in [0.15, 0.2) is 0 Å². The average Bonchev–Trinajstić information content (AvgIpc) is 2.46. The van der Waals surface area contributed by atoms with Gasteiger partial charge in [-0.3, -0.25) is 0 Å². The Labute approximate surface area is 129 Å². The van der Waals surface area contributed by atoms with Gasteiger partial charge >= 0.3 is 5.97 Å².